The van der Waals surface area contributed by atoms with Crippen molar-refractivity contribution in [3.63, 3.8) is 0 Å². The molecule has 5 rings (SSSR count). The normalized spacial score (nSPS) is 12.4. The lowest BCUT2D eigenvalue weighted by Gasteiger charge is -2.20. The van der Waals surface area contributed by atoms with E-state index in [1.54, 1.807) is 49.1 Å². The molecule has 0 aliphatic heterocycles. The number of allylic oxidation sites excluding steroid dienone is 1. The number of imidazole rings is 1. The van der Waals surface area contributed by atoms with E-state index >= 15 is 0 Å². The zero-order valence-corrected chi connectivity index (χ0v) is 28.5. The van der Waals surface area contributed by atoms with Gasteiger partial charge >= 0.3 is 0 Å². The number of sulfonamides is 1. The number of nitrogens with zero attached hydrogens (tertiary/aromatic N) is 2. The van der Waals surface area contributed by atoms with Crippen molar-refractivity contribution in [2.45, 2.75) is 23.9 Å². The molecular weight excluding hydrogens is 690 g/mol. The number of rotatable bonds is 13. The predicted molar refractivity (Wildman–Crippen MR) is 189 cm³/mol. The second-order valence-corrected chi connectivity index (χ2v) is 14.1. The Kier molecular flexibility index (Phi) is 11.7. The summed E-state index contributed by atoms with van der Waals surface area (Å²) in [5, 5.41) is 3.04. The second kappa shape index (κ2) is 16.1. The van der Waals surface area contributed by atoms with Crippen molar-refractivity contribution in [2.24, 2.45) is 0 Å². The molecule has 4 aromatic carbocycles. The molecule has 0 radical (unpaired) electrons. The van der Waals surface area contributed by atoms with E-state index in [4.69, 9.17) is 11.6 Å². The number of nitrogens with one attached hydrogen (secondary N) is 2. The molecule has 0 aliphatic rings. The maximum Gasteiger partial charge on any atom is 0.264 e. The molecule has 2 amide bonds. The average molecular weight is 721 g/mol. The van der Waals surface area contributed by atoms with Gasteiger partial charge in [0.05, 0.1) is 11.2 Å². The molecule has 1 heterocycles. The Morgan fingerprint density at radius 3 is 2.27 bits per heavy atom. The van der Waals surface area contributed by atoms with Gasteiger partial charge in [-0.3, -0.25) is 9.59 Å². The van der Waals surface area contributed by atoms with E-state index < -0.39 is 33.7 Å². The first-order valence-electron chi connectivity index (χ1n) is 15.0. The van der Waals surface area contributed by atoms with Crippen LogP contribution >= 0.6 is 23.4 Å². The molecule has 0 fully saturated rings. The van der Waals surface area contributed by atoms with Gasteiger partial charge in [-0.2, -0.15) is 11.8 Å². The van der Waals surface area contributed by atoms with E-state index in [1.165, 1.54) is 72.4 Å². The van der Waals surface area contributed by atoms with Gasteiger partial charge in [-0.05, 0) is 113 Å². The van der Waals surface area contributed by atoms with E-state index in [1.807, 2.05) is 16.9 Å². The number of hydrogen-bond donors (Lipinski definition) is 2. The van der Waals surface area contributed by atoms with Crippen LogP contribution in [-0.4, -0.2) is 47.8 Å². The molecule has 0 saturated heterocycles. The van der Waals surface area contributed by atoms with E-state index in [9.17, 15) is 26.8 Å². The van der Waals surface area contributed by atoms with Crippen LogP contribution in [0.4, 0.5) is 8.78 Å². The molecule has 252 valence electrons. The molecule has 8 nitrogen and oxygen atoms in total. The number of amides is 2. The summed E-state index contributed by atoms with van der Waals surface area (Å²) in [4.78, 5) is 31.1. The highest BCUT2D eigenvalue weighted by Crippen LogP contribution is 2.29. The first kappa shape index (κ1) is 35.5. The summed E-state index contributed by atoms with van der Waals surface area (Å²) < 4.78 is 57.5. The van der Waals surface area contributed by atoms with Crippen molar-refractivity contribution in [3.8, 4) is 11.1 Å². The SMILES string of the molecule is CSCCC(NC(=O)c1ccc(/C=C(\Cn2ccnc2)c2ccc(F)cc2)cc1-c1ccc(F)cc1)C(=O)NS(=O)(=O)c1ccc(Cl)cc1. The molecule has 2 N–H and O–H groups in total. The standard InChI is InChI=1S/C36H31ClF2N4O4S2/c1-48-19-16-34(36(45)42-49(46,47)31-13-7-28(37)8-14-31)41-35(44)32-15-2-24(21-33(32)26-5-11-30(39)12-6-26)20-27(22-43-18-17-40-23-43)25-3-9-29(38)10-4-25/h2-15,17-18,20-21,23,34H,16,19,22H2,1H3,(H,41,44)(H,42,45)/b27-20+. The van der Waals surface area contributed by atoms with Crippen LogP contribution in [0.25, 0.3) is 22.8 Å². The van der Waals surface area contributed by atoms with Gasteiger partial charge in [0.1, 0.15) is 17.7 Å². The molecule has 49 heavy (non-hydrogen) atoms. The maximum absolute atomic E-state index is 13.9. The van der Waals surface area contributed by atoms with Crippen LogP contribution in [0.1, 0.15) is 27.9 Å². The van der Waals surface area contributed by atoms with Crippen molar-refractivity contribution in [1.29, 1.82) is 0 Å². The lowest BCUT2D eigenvalue weighted by atomic mass is 9.94. The van der Waals surface area contributed by atoms with E-state index in [-0.39, 0.29) is 22.7 Å². The van der Waals surface area contributed by atoms with Gasteiger partial charge in [0.15, 0.2) is 0 Å². The molecule has 13 heteroatoms. The van der Waals surface area contributed by atoms with Gasteiger partial charge in [-0.25, -0.2) is 26.9 Å². The van der Waals surface area contributed by atoms with E-state index in [2.05, 4.69) is 15.0 Å². The Morgan fingerprint density at radius 1 is 0.959 bits per heavy atom. The van der Waals surface area contributed by atoms with Crippen LogP contribution in [0.3, 0.4) is 0 Å². The predicted octanol–water partition coefficient (Wildman–Crippen LogP) is 7.08. The third kappa shape index (κ3) is 9.44. The topological polar surface area (TPSA) is 110 Å². The lowest BCUT2D eigenvalue weighted by molar-refractivity contribution is -0.121. The molecule has 5 aromatic rings. The summed E-state index contributed by atoms with van der Waals surface area (Å²) >= 11 is 7.31. The largest absolute Gasteiger partial charge is 0.340 e. The molecule has 0 aliphatic carbocycles. The van der Waals surface area contributed by atoms with Crippen molar-refractivity contribution in [2.75, 3.05) is 12.0 Å². The fourth-order valence-electron chi connectivity index (χ4n) is 5.00. The third-order valence-electron chi connectivity index (χ3n) is 7.50. The first-order valence-corrected chi connectivity index (χ1v) is 18.2. The summed E-state index contributed by atoms with van der Waals surface area (Å²) in [6.07, 6.45) is 9.00. The minimum atomic E-state index is -4.25. The number of carbonyl (C=O) groups excluding carboxylic acids is 2. The minimum absolute atomic E-state index is 0.150. The van der Waals surface area contributed by atoms with Crippen molar-refractivity contribution >= 4 is 56.8 Å². The Labute approximate surface area is 292 Å². The number of aromatic nitrogens is 2. The summed E-state index contributed by atoms with van der Waals surface area (Å²) in [6.45, 7) is 0.422. The quantitative estimate of drug-likeness (QED) is 0.126. The molecular formula is C36H31ClF2N4O4S2. The number of carbonyl (C=O) groups is 2. The summed E-state index contributed by atoms with van der Waals surface area (Å²) in [5.74, 6) is -1.90. The van der Waals surface area contributed by atoms with Crippen LogP contribution < -0.4 is 10.0 Å². The summed E-state index contributed by atoms with van der Waals surface area (Å²) in [6, 6.07) is 20.9. The average Bonchev–Trinajstić information content (AvgIpc) is 3.60. The van der Waals surface area contributed by atoms with Gasteiger partial charge in [0.2, 0.25) is 0 Å². The maximum atomic E-state index is 13.9. The van der Waals surface area contributed by atoms with Gasteiger partial charge in [-0.15, -0.1) is 0 Å². The van der Waals surface area contributed by atoms with Gasteiger partial charge in [0, 0.05) is 29.5 Å². The zero-order valence-electron chi connectivity index (χ0n) is 26.1. The molecule has 1 atom stereocenters. The fourth-order valence-corrected chi connectivity index (χ4v) is 6.61. The van der Waals surface area contributed by atoms with E-state index in [0.717, 1.165) is 11.1 Å². The summed E-state index contributed by atoms with van der Waals surface area (Å²) in [7, 11) is -4.25. The highest BCUT2D eigenvalue weighted by molar-refractivity contribution is 7.98. The van der Waals surface area contributed by atoms with Crippen LogP contribution in [0.15, 0.2) is 115 Å². The van der Waals surface area contributed by atoms with Crippen molar-refractivity contribution in [3.05, 3.63) is 143 Å². The Bertz CT molecular complexity index is 2060. The third-order valence-corrected chi connectivity index (χ3v) is 9.76. The monoisotopic (exact) mass is 720 g/mol. The molecule has 0 saturated carbocycles. The highest BCUT2D eigenvalue weighted by Gasteiger charge is 2.27. The molecule has 1 unspecified atom stereocenters. The molecule has 0 bridgehead atoms. The number of thioether (sulfide) groups is 1. The lowest BCUT2D eigenvalue weighted by Crippen LogP contribution is -2.48. The van der Waals surface area contributed by atoms with Crippen LogP contribution in [0.5, 0.6) is 0 Å². The van der Waals surface area contributed by atoms with Gasteiger partial charge in [-0.1, -0.05) is 41.9 Å². The smallest absolute Gasteiger partial charge is 0.264 e. The Hall–Kier alpha value is -4.78. The Morgan fingerprint density at radius 2 is 1.63 bits per heavy atom. The fraction of sp³-hybridized carbons (Fsp3) is 0.139. The Balaban J connectivity index is 1.49. The highest BCUT2D eigenvalue weighted by atomic mass is 35.5. The number of benzene rings is 4. The van der Waals surface area contributed by atoms with Crippen LogP contribution in [0, 0.1) is 11.6 Å². The first-order chi connectivity index (χ1) is 23.5. The molecule has 1 aromatic heterocycles. The minimum Gasteiger partial charge on any atom is -0.340 e. The summed E-state index contributed by atoms with van der Waals surface area (Å²) in [5.41, 5.74) is 3.47. The zero-order chi connectivity index (χ0) is 35.0. The van der Waals surface area contributed by atoms with Crippen LogP contribution in [-0.2, 0) is 21.4 Å². The van der Waals surface area contributed by atoms with Gasteiger partial charge in [0.25, 0.3) is 21.8 Å². The second-order valence-electron chi connectivity index (χ2n) is 11.0. The van der Waals surface area contributed by atoms with Gasteiger partial charge < -0.3 is 9.88 Å². The van der Waals surface area contributed by atoms with Crippen molar-refractivity contribution in [1.82, 2.24) is 19.6 Å². The molecule has 0 spiro atoms. The number of hydrogen-bond acceptors (Lipinski definition) is 6. The van der Waals surface area contributed by atoms with Crippen LogP contribution in [0.2, 0.25) is 5.02 Å². The van der Waals surface area contributed by atoms with Crippen molar-refractivity contribution < 1.29 is 26.8 Å². The van der Waals surface area contributed by atoms with E-state index in [0.29, 0.717) is 34.0 Å². The number of halogens is 3.